The highest BCUT2D eigenvalue weighted by Crippen LogP contribution is 2.12. The van der Waals surface area contributed by atoms with Crippen molar-refractivity contribution in [3.8, 4) is 0 Å². The van der Waals surface area contributed by atoms with Crippen molar-refractivity contribution in [3.05, 3.63) is 77.5 Å². The Kier molecular flexibility index (Phi) is 4.75. The molecule has 5 heteroatoms. The van der Waals surface area contributed by atoms with E-state index in [1.807, 2.05) is 55.5 Å². The molecule has 2 aromatic carbocycles. The molecule has 0 fully saturated rings. The van der Waals surface area contributed by atoms with Crippen LogP contribution in [0, 0.1) is 6.92 Å². The van der Waals surface area contributed by atoms with E-state index >= 15 is 0 Å². The van der Waals surface area contributed by atoms with Crippen molar-refractivity contribution >= 4 is 22.8 Å². The third-order valence-corrected chi connectivity index (χ3v) is 3.99. The largest absolute Gasteiger partial charge is 0.480 e. The fraction of sp³-hybridized carbons (Fsp3) is 0.150. The van der Waals surface area contributed by atoms with Crippen LogP contribution in [-0.2, 0) is 11.2 Å². The average Bonchev–Trinajstić information content (AvgIpc) is 2.62. The number of para-hydroxylation sites is 1. The number of carboxylic acids is 1. The number of aromatic nitrogens is 1. The quantitative estimate of drug-likeness (QED) is 0.752. The van der Waals surface area contributed by atoms with E-state index in [4.69, 9.17) is 0 Å². The minimum Gasteiger partial charge on any atom is -0.480 e. The van der Waals surface area contributed by atoms with Crippen LogP contribution >= 0.6 is 0 Å². The lowest BCUT2D eigenvalue weighted by molar-refractivity contribution is -0.139. The molecule has 0 aliphatic rings. The number of aliphatic carboxylic acids is 1. The number of nitrogens with one attached hydrogen (secondary N) is 1. The Bertz CT molecular complexity index is 920. The van der Waals surface area contributed by atoms with E-state index in [1.54, 1.807) is 12.1 Å². The van der Waals surface area contributed by atoms with Crippen LogP contribution in [0.3, 0.4) is 0 Å². The van der Waals surface area contributed by atoms with Crippen LogP contribution in [0.1, 0.15) is 21.6 Å². The van der Waals surface area contributed by atoms with E-state index in [0.29, 0.717) is 5.52 Å². The second kappa shape index (κ2) is 7.13. The van der Waals surface area contributed by atoms with Crippen molar-refractivity contribution in [1.82, 2.24) is 10.3 Å². The van der Waals surface area contributed by atoms with Gasteiger partial charge in [-0.05, 0) is 24.6 Å². The first-order chi connectivity index (χ1) is 12.0. The summed E-state index contributed by atoms with van der Waals surface area (Å²) < 4.78 is 0. The van der Waals surface area contributed by atoms with Crippen LogP contribution < -0.4 is 5.32 Å². The lowest BCUT2D eigenvalue weighted by Crippen LogP contribution is -2.42. The molecule has 25 heavy (non-hydrogen) atoms. The highest BCUT2D eigenvalue weighted by Gasteiger charge is 2.21. The fourth-order valence-corrected chi connectivity index (χ4v) is 2.58. The van der Waals surface area contributed by atoms with Gasteiger partial charge in [0.15, 0.2) is 0 Å². The van der Waals surface area contributed by atoms with Gasteiger partial charge in [0, 0.05) is 11.8 Å². The predicted molar refractivity (Wildman–Crippen MR) is 95.5 cm³/mol. The zero-order valence-electron chi connectivity index (χ0n) is 13.8. The Morgan fingerprint density at radius 2 is 1.76 bits per heavy atom. The zero-order valence-corrected chi connectivity index (χ0v) is 13.8. The molecule has 1 amide bonds. The minimum atomic E-state index is -1.07. The molecule has 0 unspecified atom stereocenters. The summed E-state index contributed by atoms with van der Waals surface area (Å²) in [7, 11) is 0. The number of nitrogens with zero attached hydrogens (tertiary/aromatic N) is 1. The van der Waals surface area contributed by atoms with E-state index < -0.39 is 17.9 Å². The standard InChI is InChI=1S/C20H18N2O3/c1-13-6-8-14(9-7-13)12-18(20(24)25)22-19(23)17-11-10-15-4-2-3-5-16(15)21-17/h2-11,18H,12H2,1H3,(H,22,23)(H,24,25)/t18-/m0/s1. The van der Waals surface area contributed by atoms with Crippen molar-refractivity contribution in [3.63, 3.8) is 0 Å². The molecular formula is C20H18N2O3. The van der Waals surface area contributed by atoms with Crippen LogP contribution in [0.4, 0.5) is 0 Å². The van der Waals surface area contributed by atoms with Crippen molar-refractivity contribution in [1.29, 1.82) is 0 Å². The summed E-state index contributed by atoms with van der Waals surface area (Å²) in [5, 5.41) is 12.9. The summed E-state index contributed by atoms with van der Waals surface area (Å²) in [6.07, 6.45) is 0.217. The van der Waals surface area contributed by atoms with Gasteiger partial charge < -0.3 is 10.4 Å². The number of benzene rings is 2. The summed E-state index contributed by atoms with van der Waals surface area (Å²) in [4.78, 5) is 28.2. The van der Waals surface area contributed by atoms with Gasteiger partial charge in [0.1, 0.15) is 11.7 Å². The van der Waals surface area contributed by atoms with Crippen molar-refractivity contribution in [2.75, 3.05) is 0 Å². The molecule has 5 nitrogen and oxygen atoms in total. The lowest BCUT2D eigenvalue weighted by Gasteiger charge is -2.14. The van der Waals surface area contributed by atoms with E-state index in [2.05, 4.69) is 10.3 Å². The Labute approximate surface area is 145 Å². The Morgan fingerprint density at radius 1 is 1.04 bits per heavy atom. The molecule has 0 spiro atoms. The summed E-state index contributed by atoms with van der Waals surface area (Å²) in [6.45, 7) is 1.96. The maximum absolute atomic E-state index is 12.4. The summed E-state index contributed by atoms with van der Waals surface area (Å²) in [6, 6.07) is 17.4. The maximum Gasteiger partial charge on any atom is 0.326 e. The first-order valence-corrected chi connectivity index (χ1v) is 7.98. The highest BCUT2D eigenvalue weighted by molar-refractivity contribution is 5.97. The number of hydrogen-bond donors (Lipinski definition) is 2. The summed E-state index contributed by atoms with van der Waals surface area (Å²) >= 11 is 0. The second-order valence-corrected chi connectivity index (χ2v) is 5.94. The third kappa shape index (κ3) is 4.01. The number of fused-ring (bicyclic) bond motifs is 1. The molecule has 126 valence electrons. The number of carbonyl (C=O) groups excluding carboxylic acids is 1. The van der Waals surface area contributed by atoms with Gasteiger partial charge in [-0.2, -0.15) is 0 Å². The van der Waals surface area contributed by atoms with Gasteiger partial charge in [0.2, 0.25) is 0 Å². The van der Waals surface area contributed by atoms with Gasteiger partial charge in [-0.25, -0.2) is 9.78 Å². The van der Waals surface area contributed by atoms with Crippen molar-refractivity contribution < 1.29 is 14.7 Å². The lowest BCUT2D eigenvalue weighted by atomic mass is 10.0. The van der Waals surface area contributed by atoms with Gasteiger partial charge in [-0.1, -0.05) is 54.1 Å². The van der Waals surface area contributed by atoms with Gasteiger partial charge in [0.05, 0.1) is 5.52 Å². The van der Waals surface area contributed by atoms with Crippen LogP contribution in [0.15, 0.2) is 60.7 Å². The van der Waals surface area contributed by atoms with E-state index in [0.717, 1.165) is 16.5 Å². The second-order valence-electron chi connectivity index (χ2n) is 5.94. The van der Waals surface area contributed by atoms with Gasteiger partial charge >= 0.3 is 5.97 Å². The molecule has 1 heterocycles. The summed E-state index contributed by atoms with van der Waals surface area (Å²) in [5.41, 5.74) is 2.85. The Balaban J connectivity index is 1.77. The van der Waals surface area contributed by atoms with E-state index in [1.165, 1.54) is 0 Å². The van der Waals surface area contributed by atoms with E-state index in [-0.39, 0.29) is 12.1 Å². The SMILES string of the molecule is Cc1ccc(C[C@H](NC(=O)c2ccc3ccccc3n2)C(=O)O)cc1. The molecular weight excluding hydrogens is 316 g/mol. The summed E-state index contributed by atoms with van der Waals surface area (Å²) in [5.74, 6) is -1.57. The predicted octanol–water partition coefficient (Wildman–Crippen LogP) is 2.97. The molecule has 1 atom stereocenters. The van der Waals surface area contributed by atoms with Crippen LogP contribution in [0.2, 0.25) is 0 Å². The molecule has 2 N–H and O–H groups in total. The molecule has 0 saturated heterocycles. The third-order valence-electron chi connectivity index (χ3n) is 3.99. The zero-order chi connectivity index (χ0) is 17.8. The number of aryl methyl sites for hydroxylation is 1. The Morgan fingerprint density at radius 3 is 2.48 bits per heavy atom. The number of amides is 1. The molecule has 1 aromatic heterocycles. The van der Waals surface area contributed by atoms with Crippen LogP contribution in [0.5, 0.6) is 0 Å². The molecule has 0 aliphatic carbocycles. The minimum absolute atomic E-state index is 0.203. The van der Waals surface area contributed by atoms with Crippen LogP contribution in [0.25, 0.3) is 10.9 Å². The molecule has 0 aliphatic heterocycles. The number of carboxylic acid groups (broad SMARTS) is 1. The molecule has 0 radical (unpaired) electrons. The van der Waals surface area contributed by atoms with E-state index in [9.17, 15) is 14.7 Å². The number of hydrogen-bond acceptors (Lipinski definition) is 3. The molecule has 3 rings (SSSR count). The fourth-order valence-electron chi connectivity index (χ4n) is 2.58. The number of carbonyl (C=O) groups is 2. The first kappa shape index (κ1) is 16.6. The van der Waals surface area contributed by atoms with Gasteiger partial charge in [0.25, 0.3) is 5.91 Å². The first-order valence-electron chi connectivity index (χ1n) is 7.98. The average molecular weight is 334 g/mol. The molecule has 0 saturated carbocycles. The topological polar surface area (TPSA) is 79.3 Å². The van der Waals surface area contributed by atoms with Crippen molar-refractivity contribution in [2.24, 2.45) is 0 Å². The smallest absolute Gasteiger partial charge is 0.326 e. The number of rotatable bonds is 5. The Hall–Kier alpha value is -3.21. The highest BCUT2D eigenvalue weighted by atomic mass is 16.4. The van der Waals surface area contributed by atoms with Crippen LogP contribution in [-0.4, -0.2) is 28.0 Å². The van der Waals surface area contributed by atoms with Gasteiger partial charge in [-0.15, -0.1) is 0 Å². The molecule has 3 aromatic rings. The monoisotopic (exact) mass is 334 g/mol. The molecule has 0 bridgehead atoms. The number of pyridine rings is 1. The maximum atomic E-state index is 12.4. The van der Waals surface area contributed by atoms with Crippen molar-refractivity contribution in [2.45, 2.75) is 19.4 Å². The normalized spacial score (nSPS) is 11.9. The van der Waals surface area contributed by atoms with Gasteiger partial charge in [-0.3, -0.25) is 4.79 Å².